The predicted octanol–water partition coefficient (Wildman–Crippen LogP) is 2.48. The first-order valence-corrected chi connectivity index (χ1v) is 6.66. The van der Waals surface area contributed by atoms with E-state index in [2.05, 4.69) is 19.9 Å². The fourth-order valence-electron chi connectivity index (χ4n) is 2.52. The molecule has 0 bridgehead atoms. The molecule has 5 nitrogen and oxygen atoms in total. The third kappa shape index (κ3) is 2.54. The summed E-state index contributed by atoms with van der Waals surface area (Å²) in [7, 11) is 0. The Morgan fingerprint density at radius 2 is 1.74 bits per heavy atom. The van der Waals surface area contributed by atoms with Gasteiger partial charge in [-0.1, -0.05) is 12.8 Å². The highest BCUT2D eigenvalue weighted by Gasteiger charge is 2.20. The van der Waals surface area contributed by atoms with Crippen LogP contribution in [0.5, 0.6) is 0 Å². The Morgan fingerprint density at radius 1 is 1.05 bits per heavy atom. The number of nitrogen functional groups attached to an aromatic ring is 1. The number of hydrogen-bond donors (Lipinski definition) is 1. The lowest BCUT2D eigenvalue weighted by Gasteiger charge is -2.10. The number of aryl methyl sites for hydroxylation is 1. The van der Waals surface area contributed by atoms with Gasteiger partial charge in [0.05, 0.1) is 0 Å². The van der Waals surface area contributed by atoms with Crippen LogP contribution < -0.4 is 5.73 Å². The van der Waals surface area contributed by atoms with Crippen LogP contribution in [-0.2, 0) is 0 Å². The van der Waals surface area contributed by atoms with E-state index in [1.807, 2.05) is 13.0 Å². The minimum Gasteiger partial charge on any atom is -0.384 e. The molecule has 0 aliphatic heterocycles. The van der Waals surface area contributed by atoms with Gasteiger partial charge >= 0.3 is 0 Å². The average molecular weight is 255 g/mol. The molecule has 3 rings (SSSR count). The third-order valence-electron chi connectivity index (χ3n) is 3.52. The van der Waals surface area contributed by atoms with Crippen molar-refractivity contribution in [3.8, 4) is 11.6 Å². The lowest BCUT2D eigenvalue weighted by Crippen LogP contribution is -2.05. The molecule has 0 spiro atoms. The molecule has 1 fully saturated rings. The lowest BCUT2D eigenvalue weighted by molar-refractivity contribution is 0.695. The third-order valence-corrected chi connectivity index (χ3v) is 3.52. The molecule has 0 amide bonds. The topological polar surface area (TPSA) is 77.6 Å². The van der Waals surface area contributed by atoms with Gasteiger partial charge in [-0.25, -0.2) is 19.9 Å². The van der Waals surface area contributed by atoms with Gasteiger partial charge in [0, 0.05) is 30.1 Å². The van der Waals surface area contributed by atoms with Crippen molar-refractivity contribution in [1.29, 1.82) is 0 Å². The van der Waals surface area contributed by atoms with Crippen molar-refractivity contribution >= 4 is 5.82 Å². The molecule has 5 heteroatoms. The fourth-order valence-corrected chi connectivity index (χ4v) is 2.52. The molecule has 2 N–H and O–H groups in total. The summed E-state index contributed by atoms with van der Waals surface area (Å²) < 4.78 is 0. The Kier molecular flexibility index (Phi) is 3.11. The average Bonchev–Trinajstić information content (AvgIpc) is 2.93. The maximum atomic E-state index is 5.89. The first kappa shape index (κ1) is 12.0. The monoisotopic (exact) mass is 255 g/mol. The van der Waals surface area contributed by atoms with Crippen LogP contribution in [0.4, 0.5) is 5.82 Å². The van der Waals surface area contributed by atoms with E-state index < -0.39 is 0 Å². The molecule has 0 radical (unpaired) electrons. The lowest BCUT2D eigenvalue weighted by atomic mass is 10.0. The molecule has 1 aliphatic carbocycles. The standard InChI is InChI=1S/C14H17N5/c1-9-7-16-13(17-8-9)14-18-11(6-12(15)19-14)10-4-2-3-5-10/h6-8,10H,2-5H2,1H3,(H2,15,18,19). The number of rotatable bonds is 2. The largest absolute Gasteiger partial charge is 0.384 e. The Balaban J connectivity index is 1.99. The Bertz CT molecular complexity index is 573. The van der Waals surface area contributed by atoms with Gasteiger partial charge in [-0.05, 0) is 25.3 Å². The quantitative estimate of drug-likeness (QED) is 0.892. The van der Waals surface area contributed by atoms with E-state index >= 15 is 0 Å². The molecule has 2 aromatic heterocycles. The van der Waals surface area contributed by atoms with Crippen molar-refractivity contribution < 1.29 is 0 Å². The van der Waals surface area contributed by atoms with Gasteiger partial charge in [0.1, 0.15) is 5.82 Å². The van der Waals surface area contributed by atoms with Gasteiger partial charge in [-0.15, -0.1) is 0 Å². The second-order valence-corrected chi connectivity index (χ2v) is 5.11. The van der Waals surface area contributed by atoms with Crippen molar-refractivity contribution in [1.82, 2.24) is 19.9 Å². The number of nitrogens with zero attached hydrogens (tertiary/aromatic N) is 4. The summed E-state index contributed by atoms with van der Waals surface area (Å²) in [6, 6.07) is 1.88. The van der Waals surface area contributed by atoms with E-state index in [4.69, 9.17) is 5.73 Å². The van der Waals surface area contributed by atoms with E-state index in [1.165, 1.54) is 25.7 Å². The zero-order valence-corrected chi connectivity index (χ0v) is 11.0. The van der Waals surface area contributed by atoms with Gasteiger partial charge in [-0.3, -0.25) is 0 Å². The highest BCUT2D eigenvalue weighted by atomic mass is 15.0. The van der Waals surface area contributed by atoms with Crippen molar-refractivity contribution in [3.63, 3.8) is 0 Å². The Morgan fingerprint density at radius 3 is 2.42 bits per heavy atom. The molecule has 1 saturated carbocycles. The highest BCUT2D eigenvalue weighted by molar-refractivity contribution is 5.48. The van der Waals surface area contributed by atoms with Crippen molar-refractivity contribution in [2.75, 3.05) is 5.73 Å². The SMILES string of the molecule is Cc1cnc(-c2nc(N)cc(C3CCCC3)n2)nc1. The molecular weight excluding hydrogens is 238 g/mol. The second-order valence-electron chi connectivity index (χ2n) is 5.11. The molecule has 2 heterocycles. The van der Waals surface area contributed by atoms with Crippen molar-refractivity contribution in [2.24, 2.45) is 0 Å². The zero-order chi connectivity index (χ0) is 13.2. The molecule has 98 valence electrons. The zero-order valence-electron chi connectivity index (χ0n) is 11.0. The normalized spacial score (nSPS) is 15.8. The summed E-state index contributed by atoms with van der Waals surface area (Å²) in [6.45, 7) is 1.95. The van der Waals surface area contributed by atoms with Gasteiger partial charge in [0.15, 0.2) is 11.6 Å². The smallest absolute Gasteiger partial charge is 0.199 e. The molecule has 0 unspecified atom stereocenters. The minimum atomic E-state index is 0.496. The number of hydrogen-bond acceptors (Lipinski definition) is 5. The summed E-state index contributed by atoms with van der Waals surface area (Å²) in [5.74, 6) is 2.07. The molecular formula is C14H17N5. The van der Waals surface area contributed by atoms with Crippen LogP contribution in [0.1, 0.15) is 42.9 Å². The predicted molar refractivity (Wildman–Crippen MR) is 73.4 cm³/mol. The first-order chi connectivity index (χ1) is 9.22. The van der Waals surface area contributed by atoms with E-state index in [-0.39, 0.29) is 0 Å². The van der Waals surface area contributed by atoms with E-state index in [9.17, 15) is 0 Å². The van der Waals surface area contributed by atoms with Crippen LogP contribution in [0, 0.1) is 6.92 Å². The summed E-state index contributed by atoms with van der Waals surface area (Å²) in [6.07, 6.45) is 8.44. The van der Waals surface area contributed by atoms with Crippen LogP contribution in [0.3, 0.4) is 0 Å². The van der Waals surface area contributed by atoms with E-state index in [1.54, 1.807) is 12.4 Å². The number of aromatic nitrogens is 4. The second kappa shape index (κ2) is 4.91. The minimum absolute atomic E-state index is 0.496. The van der Waals surface area contributed by atoms with Crippen LogP contribution in [0.2, 0.25) is 0 Å². The fraction of sp³-hybridized carbons (Fsp3) is 0.429. The Labute approximate surface area is 112 Å². The molecule has 2 aromatic rings. The van der Waals surface area contributed by atoms with Crippen molar-refractivity contribution in [2.45, 2.75) is 38.5 Å². The molecule has 1 aliphatic rings. The van der Waals surface area contributed by atoms with Gasteiger partial charge in [0.25, 0.3) is 0 Å². The maximum absolute atomic E-state index is 5.89. The van der Waals surface area contributed by atoms with Crippen molar-refractivity contribution in [3.05, 3.63) is 29.7 Å². The van der Waals surface area contributed by atoms with Crippen LogP contribution >= 0.6 is 0 Å². The van der Waals surface area contributed by atoms with Crippen LogP contribution in [-0.4, -0.2) is 19.9 Å². The van der Waals surface area contributed by atoms with E-state index in [0.29, 0.717) is 23.4 Å². The summed E-state index contributed by atoms with van der Waals surface area (Å²) in [5.41, 5.74) is 7.94. The molecule has 19 heavy (non-hydrogen) atoms. The molecule has 0 aromatic carbocycles. The highest BCUT2D eigenvalue weighted by Crippen LogP contribution is 2.33. The number of anilines is 1. The van der Waals surface area contributed by atoms with Gasteiger partial charge < -0.3 is 5.73 Å². The van der Waals surface area contributed by atoms with Gasteiger partial charge in [0.2, 0.25) is 0 Å². The van der Waals surface area contributed by atoms with Crippen LogP contribution in [0.15, 0.2) is 18.5 Å². The number of nitrogens with two attached hydrogens (primary N) is 1. The van der Waals surface area contributed by atoms with Crippen LogP contribution in [0.25, 0.3) is 11.6 Å². The Hall–Kier alpha value is -2.04. The summed E-state index contributed by atoms with van der Waals surface area (Å²) in [4.78, 5) is 17.4. The summed E-state index contributed by atoms with van der Waals surface area (Å²) in [5, 5.41) is 0. The summed E-state index contributed by atoms with van der Waals surface area (Å²) >= 11 is 0. The molecule has 0 saturated heterocycles. The molecule has 0 atom stereocenters. The maximum Gasteiger partial charge on any atom is 0.199 e. The van der Waals surface area contributed by atoms with Gasteiger partial charge in [-0.2, -0.15) is 0 Å². The first-order valence-electron chi connectivity index (χ1n) is 6.66. The van der Waals surface area contributed by atoms with E-state index in [0.717, 1.165) is 11.3 Å².